The van der Waals surface area contributed by atoms with E-state index >= 15 is 0 Å². The van der Waals surface area contributed by atoms with Crippen molar-refractivity contribution in [3.63, 3.8) is 0 Å². The number of aryl methyl sites for hydroxylation is 1. The zero-order chi connectivity index (χ0) is 19.2. The first-order chi connectivity index (χ1) is 13.1. The molecular weight excluding hydrogens is 358 g/mol. The second-order valence-corrected chi connectivity index (χ2v) is 7.72. The number of hydrogen-bond acceptors (Lipinski definition) is 3. The van der Waals surface area contributed by atoms with Crippen LogP contribution in [0.1, 0.15) is 50.2 Å². The van der Waals surface area contributed by atoms with Crippen LogP contribution in [0.3, 0.4) is 0 Å². The van der Waals surface area contributed by atoms with E-state index in [4.69, 9.17) is 12.2 Å². The van der Waals surface area contributed by atoms with Gasteiger partial charge in [-0.2, -0.15) is 0 Å². The minimum Gasteiger partial charge on any atom is -0.395 e. The smallest absolute Gasteiger partial charge is 0.253 e. The summed E-state index contributed by atoms with van der Waals surface area (Å²) < 4.78 is 0. The van der Waals surface area contributed by atoms with Crippen molar-refractivity contribution in [2.45, 2.75) is 58.0 Å². The van der Waals surface area contributed by atoms with E-state index in [1.165, 1.54) is 24.8 Å². The number of benzene rings is 1. The number of aliphatic hydroxyl groups is 1. The first-order valence-corrected chi connectivity index (χ1v) is 10.3. The molecule has 6 heteroatoms. The second kappa shape index (κ2) is 9.33. The van der Waals surface area contributed by atoms with E-state index < -0.39 is 0 Å². The Morgan fingerprint density at radius 2 is 2.07 bits per heavy atom. The SMILES string of the molecule is CCc1ccc2[nH]c(=O)c(CN(CCO)C(=S)NC3CCCCC3)cc2c1. The lowest BCUT2D eigenvalue weighted by atomic mass is 9.96. The molecule has 0 spiro atoms. The van der Waals surface area contributed by atoms with E-state index in [1.807, 2.05) is 23.1 Å². The summed E-state index contributed by atoms with van der Waals surface area (Å²) >= 11 is 5.59. The standard InChI is InChI=1S/C21H29N3O2S/c1-2-15-8-9-19-16(12-15)13-17(20(26)23-19)14-24(10-11-25)21(27)22-18-6-4-3-5-7-18/h8-9,12-13,18,25H,2-7,10-11,14H2,1H3,(H,22,27)(H,23,26). The van der Waals surface area contributed by atoms with Crippen LogP contribution in [-0.4, -0.2) is 39.3 Å². The van der Waals surface area contributed by atoms with E-state index in [-0.39, 0.29) is 12.2 Å². The van der Waals surface area contributed by atoms with E-state index in [9.17, 15) is 9.90 Å². The number of aliphatic hydroxyl groups excluding tert-OH is 1. The topological polar surface area (TPSA) is 68.4 Å². The molecule has 1 aromatic carbocycles. The number of pyridine rings is 1. The van der Waals surface area contributed by atoms with Crippen molar-refractivity contribution in [2.24, 2.45) is 0 Å². The van der Waals surface area contributed by atoms with Crippen LogP contribution in [0.4, 0.5) is 0 Å². The summed E-state index contributed by atoms with van der Waals surface area (Å²) in [7, 11) is 0. The van der Waals surface area contributed by atoms with Crippen molar-refractivity contribution < 1.29 is 5.11 Å². The largest absolute Gasteiger partial charge is 0.395 e. The summed E-state index contributed by atoms with van der Waals surface area (Å²) in [4.78, 5) is 17.4. The highest BCUT2D eigenvalue weighted by molar-refractivity contribution is 7.80. The van der Waals surface area contributed by atoms with Crippen LogP contribution in [0.5, 0.6) is 0 Å². The molecule has 1 heterocycles. The molecule has 1 aliphatic rings. The summed E-state index contributed by atoms with van der Waals surface area (Å²) in [6.07, 6.45) is 6.95. The molecule has 3 rings (SSSR count). The van der Waals surface area contributed by atoms with Crippen molar-refractivity contribution in [3.8, 4) is 0 Å². The van der Waals surface area contributed by atoms with Gasteiger partial charge in [-0.3, -0.25) is 4.79 Å². The monoisotopic (exact) mass is 387 g/mol. The van der Waals surface area contributed by atoms with Gasteiger partial charge in [0.05, 0.1) is 13.2 Å². The highest BCUT2D eigenvalue weighted by Gasteiger charge is 2.18. The molecule has 3 N–H and O–H groups in total. The first kappa shape index (κ1) is 19.8. The fraction of sp³-hybridized carbons (Fsp3) is 0.524. The molecule has 1 saturated carbocycles. The van der Waals surface area contributed by atoms with Crippen LogP contribution in [0.2, 0.25) is 0 Å². The molecule has 0 saturated heterocycles. The number of nitrogens with one attached hydrogen (secondary N) is 2. The number of thiocarbonyl (C=S) groups is 1. The molecular formula is C21H29N3O2S. The van der Waals surface area contributed by atoms with Gasteiger partial charge in [0, 0.05) is 23.7 Å². The molecule has 0 aliphatic heterocycles. The molecule has 0 bridgehead atoms. The second-order valence-electron chi connectivity index (χ2n) is 7.33. The number of fused-ring (bicyclic) bond motifs is 1. The highest BCUT2D eigenvalue weighted by atomic mass is 32.1. The van der Waals surface area contributed by atoms with E-state index in [2.05, 4.69) is 23.3 Å². The average molecular weight is 388 g/mol. The number of nitrogens with zero attached hydrogens (tertiary/aromatic N) is 1. The summed E-state index contributed by atoms with van der Waals surface area (Å²) in [5, 5.41) is 14.5. The van der Waals surface area contributed by atoms with Gasteiger partial charge in [0.25, 0.3) is 5.56 Å². The maximum Gasteiger partial charge on any atom is 0.253 e. The zero-order valence-electron chi connectivity index (χ0n) is 16.0. The number of H-pyrrole nitrogens is 1. The third-order valence-electron chi connectivity index (χ3n) is 5.34. The Bertz CT molecular complexity index is 843. The van der Waals surface area contributed by atoms with Gasteiger partial charge >= 0.3 is 0 Å². The van der Waals surface area contributed by atoms with Gasteiger partial charge in [-0.05, 0) is 60.6 Å². The van der Waals surface area contributed by atoms with Crippen LogP contribution >= 0.6 is 12.2 Å². The van der Waals surface area contributed by atoms with Crippen LogP contribution in [0.25, 0.3) is 10.9 Å². The molecule has 1 aliphatic carbocycles. The van der Waals surface area contributed by atoms with E-state index in [0.717, 1.165) is 30.2 Å². The minimum absolute atomic E-state index is 0.00203. The average Bonchev–Trinajstić information content (AvgIpc) is 2.68. The Morgan fingerprint density at radius 3 is 2.78 bits per heavy atom. The van der Waals surface area contributed by atoms with Crippen molar-refractivity contribution in [2.75, 3.05) is 13.2 Å². The van der Waals surface area contributed by atoms with Crippen LogP contribution in [-0.2, 0) is 13.0 Å². The van der Waals surface area contributed by atoms with Gasteiger partial charge in [0.1, 0.15) is 0 Å². The van der Waals surface area contributed by atoms with Gasteiger partial charge in [0.15, 0.2) is 5.11 Å². The minimum atomic E-state index is -0.102. The molecule has 2 aromatic rings. The third kappa shape index (κ3) is 5.08. The Morgan fingerprint density at radius 1 is 1.30 bits per heavy atom. The van der Waals surface area contributed by atoms with Crippen LogP contribution in [0.15, 0.2) is 29.1 Å². The molecule has 146 valence electrons. The third-order valence-corrected chi connectivity index (χ3v) is 5.72. The van der Waals surface area contributed by atoms with Crippen molar-refractivity contribution in [1.82, 2.24) is 15.2 Å². The van der Waals surface area contributed by atoms with Gasteiger partial charge in [-0.25, -0.2) is 0 Å². The first-order valence-electron chi connectivity index (χ1n) is 9.92. The Balaban J connectivity index is 1.79. The predicted molar refractivity (Wildman–Crippen MR) is 114 cm³/mol. The Kier molecular flexibility index (Phi) is 6.85. The molecule has 0 amide bonds. The Labute approximate surface area is 165 Å². The Hall–Kier alpha value is -1.92. The number of hydrogen-bond donors (Lipinski definition) is 3. The van der Waals surface area contributed by atoms with Crippen molar-refractivity contribution >= 4 is 28.2 Å². The maximum absolute atomic E-state index is 12.5. The quantitative estimate of drug-likeness (QED) is 0.665. The molecule has 27 heavy (non-hydrogen) atoms. The highest BCUT2D eigenvalue weighted by Crippen LogP contribution is 2.18. The lowest BCUT2D eigenvalue weighted by Gasteiger charge is -2.30. The van der Waals surface area contributed by atoms with Crippen molar-refractivity contribution in [1.29, 1.82) is 0 Å². The molecule has 1 aromatic heterocycles. The maximum atomic E-state index is 12.5. The summed E-state index contributed by atoms with van der Waals surface area (Å²) in [6.45, 7) is 2.91. The molecule has 5 nitrogen and oxygen atoms in total. The molecule has 1 fully saturated rings. The van der Waals surface area contributed by atoms with Gasteiger partial charge < -0.3 is 20.3 Å². The fourth-order valence-corrected chi connectivity index (χ4v) is 4.05. The molecule has 0 atom stereocenters. The lowest BCUT2D eigenvalue weighted by Crippen LogP contribution is -2.46. The fourth-order valence-electron chi connectivity index (χ4n) is 3.73. The summed E-state index contributed by atoms with van der Waals surface area (Å²) in [5.74, 6) is 0. The van der Waals surface area contributed by atoms with Gasteiger partial charge in [-0.1, -0.05) is 32.3 Å². The van der Waals surface area contributed by atoms with Crippen LogP contribution < -0.4 is 10.9 Å². The van der Waals surface area contributed by atoms with E-state index in [1.54, 1.807) is 0 Å². The predicted octanol–water partition coefficient (Wildman–Crippen LogP) is 3.09. The number of aromatic nitrogens is 1. The number of aromatic amines is 1. The summed E-state index contributed by atoms with van der Waals surface area (Å²) in [6, 6.07) is 8.46. The van der Waals surface area contributed by atoms with Crippen molar-refractivity contribution in [3.05, 3.63) is 45.7 Å². The molecule has 0 unspecified atom stereocenters. The molecule has 0 radical (unpaired) electrons. The summed E-state index contributed by atoms with van der Waals surface area (Å²) in [5.41, 5.74) is 2.65. The van der Waals surface area contributed by atoms with Gasteiger partial charge in [0.2, 0.25) is 0 Å². The van der Waals surface area contributed by atoms with Gasteiger partial charge in [-0.15, -0.1) is 0 Å². The van der Waals surface area contributed by atoms with E-state index in [0.29, 0.717) is 29.8 Å². The number of rotatable bonds is 6. The normalized spacial score (nSPS) is 15.0. The zero-order valence-corrected chi connectivity index (χ0v) is 16.8. The van der Waals surface area contributed by atoms with Crippen LogP contribution in [0, 0.1) is 0 Å². The lowest BCUT2D eigenvalue weighted by molar-refractivity contribution is 0.243.